The van der Waals surface area contributed by atoms with Crippen molar-refractivity contribution in [2.75, 3.05) is 23.8 Å². The summed E-state index contributed by atoms with van der Waals surface area (Å²) < 4.78 is 3.56. The first kappa shape index (κ1) is 17.8. The fourth-order valence-electron chi connectivity index (χ4n) is 3.42. The van der Waals surface area contributed by atoms with Crippen LogP contribution in [0.1, 0.15) is 19.3 Å². The number of piperidine rings is 1. The molecule has 0 unspecified atom stereocenters. The zero-order chi connectivity index (χ0) is 19.5. The van der Waals surface area contributed by atoms with Gasteiger partial charge < -0.3 is 10.2 Å². The van der Waals surface area contributed by atoms with Gasteiger partial charge in [-0.2, -0.15) is 10.4 Å². The summed E-state index contributed by atoms with van der Waals surface area (Å²) in [4.78, 5) is 22.4. The molecule has 0 radical (unpaired) electrons. The van der Waals surface area contributed by atoms with Crippen molar-refractivity contribution in [3.63, 3.8) is 0 Å². The Bertz CT molecular complexity index is 1020. The van der Waals surface area contributed by atoms with Crippen LogP contribution < -0.4 is 10.7 Å². The summed E-state index contributed by atoms with van der Waals surface area (Å²) in [5.74, 6) is 0.683. The van der Waals surface area contributed by atoms with Crippen LogP contribution in [0.2, 0.25) is 0 Å². The summed E-state index contributed by atoms with van der Waals surface area (Å²) in [7, 11) is 1.86. The average molecular weight is 379 g/mol. The maximum Gasteiger partial charge on any atom is 0.236 e. The number of amides is 1. The minimum Gasteiger partial charge on any atom is -0.367 e. The lowest BCUT2D eigenvalue weighted by Crippen LogP contribution is -2.42. The second kappa shape index (κ2) is 7.56. The topological polar surface area (TPSA) is 117 Å². The van der Waals surface area contributed by atoms with E-state index in [9.17, 15) is 4.79 Å². The van der Waals surface area contributed by atoms with E-state index < -0.39 is 0 Å². The van der Waals surface area contributed by atoms with Crippen LogP contribution in [0, 0.1) is 11.3 Å². The van der Waals surface area contributed by atoms with Crippen molar-refractivity contribution in [3.05, 3.63) is 31.0 Å². The third-order valence-corrected chi connectivity index (χ3v) is 4.85. The van der Waals surface area contributed by atoms with Crippen molar-refractivity contribution in [1.82, 2.24) is 29.3 Å². The molecule has 1 fully saturated rings. The number of aryl methyl sites for hydroxylation is 1. The number of nitriles is 1. The Hall–Kier alpha value is -3.61. The lowest BCUT2D eigenvalue weighted by Gasteiger charge is -2.32. The van der Waals surface area contributed by atoms with Gasteiger partial charge in [-0.25, -0.2) is 14.6 Å². The maximum absolute atomic E-state index is 11.8. The van der Waals surface area contributed by atoms with Crippen molar-refractivity contribution in [1.29, 1.82) is 5.26 Å². The van der Waals surface area contributed by atoms with Gasteiger partial charge in [-0.05, 0) is 18.9 Å². The second-order valence-electron chi connectivity index (χ2n) is 6.79. The van der Waals surface area contributed by atoms with E-state index in [2.05, 4.69) is 25.8 Å². The van der Waals surface area contributed by atoms with Gasteiger partial charge in [0.1, 0.15) is 18.6 Å². The number of aromatic nitrogens is 5. The molecule has 4 rings (SSSR count). The predicted octanol–water partition coefficient (Wildman–Crippen LogP) is 1.36. The zero-order valence-corrected chi connectivity index (χ0v) is 15.5. The molecule has 28 heavy (non-hydrogen) atoms. The lowest BCUT2D eigenvalue weighted by atomic mass is 10.0. The van der Waals surface area contributed by atoms with Gasteiger partial charge in [-0.15, -0.1) is 0 Å². The summed E-state index contributed by atoms with van der Waals surface area (Å²) in [6.07, 6.45) is 8.65. The Balaban J connectivity index is 1.45. The first-order valence-corrected chi connectivity index (χ1v) is 9.13. The molecule has 1 saturated heterocycles. The number of hydrogen-bond acceptors (Lipinski definition) is 7. The molecule has 3 aromatic heterocycles. The summed E-state index contributed by atoms with van der Waals surface area (Å²) in [6, 6.07) is 4.11. The smallest absolute Gasteiger partial charge is 0.236 e. The number of nitrogens with zero attached hydrogens (tertiary/aromatic N) is 7. The van der Waals surface area contributed by atoms with Crippen molar-refractivity contribution in [2.45, 2.75) is 25.3 Å². The molecule has 0 spiro atoms. The van der Waals surface area contributed by atoms with Crippen LogP contribution in [0.5, 0.6) is 0 Å². The van der Waals surface area contributed by atoms with Crippen molar-refractivity contribution in [2.24, 2.45) is 7.05 Å². The number of rotatable bonds is 5. The second-order valence-corrected chi connectivity index (χ2v) is 6.79. The first-order chi connectivity index (χ1) is 13.6. The van der Waals surface area contributed by atoms with Crippen LogP contribution in [0.3, 0.4) is 0 Å². The third kappa shape index (κ3) is 3.59. The lowest BCUT2D eigenvalue weighted by molar-refractivity contribution is -0.131. The van der Waals surface area contributed by atoms with E-state index in [-0.39, 0.29) is 18.4 Å². The standard InChI is InChI=1S/C18H21N9O/c1-25-11-14(10-22-25)24-27-9-5-15-17(20-12-21-18(15)27)23-13-3-7-26(8-4-13)16(28)2-6-19/h5,9-13,24H,2-4,7-8H2,1H3,(H,20,21,23). The molecule has 4 heterocycles. The van der Waals surface area contributed by atoms with E-state index in [1.165, 1.54) is 6.33 Å². The molecular weight excluding hydrogens is 358 g/mol. The van der Waals surface area contributed by atoms with Gasteiger partial charge in [-0.3, -0.25) is 14.9 Å². The van der Waals surface area contributed by atoms with Crippen LogP contribution in [0.25, 0.3) is 11.0 Å². The van der Waals surface area contributed by atoms with Crippen LogP contribution in [-0.4, -0.2) is 54.4 Å². The number of fused-ring (bicyclic) bond motifs is 1. The van der Waals surface area contributed by atoms with Gasteiger partial charge in [0, 0.05) is 38.6 Å². The van der Waals surface area contributed by atoms with Gasteiger partial charge in [0.2, 0.25) is 5.91 Å². The SMILES string of the molecule is Cn1cc(Nn2ccc3c(NC4CCN(C(=O)CC#N)CC4)ncnc32)cn1. The first-order valence-electron chi connectivity index (χ1n) is 9.13. The molecule has 0 aromatic carbocycles. The highest BCUT2D eigenvalue weighted by molar-refractivity contribution is 5.87. The van der Waals surface area contributed by atoms with E-state index in [0.29, 0.717) is 13.1 Å². The Morgan fingerprint density at radius 2 is 2.18 bits per heavy atom. The van der Waals surface area contributed by atoms with E-state index in [0.717, 1.165) is 35.4 Å². The highest BCUT2D eigenvalue weighted by Crippen LogP contribution is 2.23. The van der Waals surface area contributed by atoms with Gasteiger partial charge in [-0.1, -0.05) is 0 Å². The highest BCUT2D eigenvalue weighted by Gasteiger charge is 2.23. The molecule has 1 aliphatic heterocycles. The molecule has 1 aliphatic rings. The molecule has 1 amide bonds. The van der Waals surface area contributed by atoms with Crippen LogP contribution in [-0.2, 0) is 11.8 Å². The summed E-state index contributed by atoms with van der Waals surface area (Å²) in [5, 5.41) is 17.2. The number of anilines is 2. The molecule has 0 atom stereocenters. The van der Waals surface area contributed by atoms with Crippen molar-refractivity contribution < 1.29 is 4.79 Å². The van der Waals surface area contributed by atoms with Gasteiger partial charge in [0.25, 0.3) is 0 Å². The van der Waals surface area contributed by atoms with Crippen LogP contribution in [0.4, 0.5) is 11.5 Å². The molecule has 144 valence electrons. The molecule has 0 bridgehead atoms. The van der Waals surface area contributed by atoms with Crippen molar-refractivity contribution in [3.8, 4) is 6.07 Å². The normalized spacial score (nSPS) is 14.8. The van der Waals surface area contributed by atoms with Gasteiger partial charge in [0.15, 0.2) is 5.65 Å². The molecule has 0 saturated carbocycles. The van der Waals surface area contributed by atoms with Gasteiger partial charge >= 0.3 is 0 Å². The number of carbonyl (C=O) groups is 1. The third-order valence-electron chi connectivity index (χ3n) is 4.85. The average Bonchev–Trinajstić information content (AvgIpc) is 3.30. The molecule has 10 nitrogen and oxygen atoms in total. The largest absolute Gasteiger partial charge is 0.367 e. The Morgan fingerprint density at radius 3 is 2.89 bits per heavy atom. The molecule has 3 aromatic rings. The van der Waals surface area contributed by atoms with Crippen LogP contribution in [0.15, 0.2) is 31.0 Å². The van der Waals surface area contributed by atoms with Gasteiger partial charge in [0.05, 0.1) is 23.3 Å². The number of likely N-dealkylation sites (tertiary alicyclic amines) is 1. The monoisotopic (exact) mass is 379 g/mol. The zero-order valence-electron chi connectivity index (χ0n) is 15.5. The summed E-state index contributed by atoms with van der Waals surface area (Å²) in [6.45, 7) is 1.30. The Morgan fingerprint density at radius 1 is 1.36 bits per heavy atom. The molecule has 0 aliphatic carbocycles. The van der Waals surface area contributed by atoms with E-state index >= 15 is 0 Å². The highest BCUT2D eigenvalue weighted by atomic mass is 16.2. The molecule has 2 N–H and O–H groups in total. The fraction of sp³-hybridized carbons (Fsp3) is 0.389. The molecular formula is C18H21N9O. The fourth-order valence-corrected chi connectivity index (χ4v) is 3.42. The Labute approximate surface area is 161 Å². The number of hydrogen-bond donors (Lipinski definition) is 2. The predicted molar refractivity (Wildman–Crippen MR) is 103 cm³/mol. The van der Waals surface area contributed by atoms with Crippen LogP contribution >= 0.6 is 0 Å². The van der Waals surface area contributed by atoms with E-state index in [4.69, 9.17) is 5.26 Å². The quantitative estimate of drug-likeness (QED) is 0.687. The minimum absolute atomic E-state index is 0.0535. The molecule has 10 heteroatoms. The van der Waals surface area contributed by atoms with E-state index in [1.54, 1.807) is 15.8 Å². The summed E-state index contributed by atoms with van der Waals surface area (Å²) in [5.41, 5.74) is 4.88. The minimum atomic E-state index is -0.0936. The summed E-state index contributed by atoms with van der Waals surface area (Å²) >= 11 is 0. The number of carbonyl (C=O) groups excluding carboxylic acids is 1. The maximum atomic E-state index is 11.8. The number of nitrogens with one attached hydrogen (secondary N) is 2. The Kier molecular flexibility index (Phi) is 4.80. The van der Waals surface area contributed by atoms with E-state index in [1.807, 2.05) is 36.3 Å². The van der Waals surface area contributed by atoms with Crippen molar-refractivity contribution >= 4 is 28.4 Å².